The van der Waals surface area contributed by atoms with E-state index in [1.165, 1.54) is 22.3 Å². The Morgan fingerprint density at radius 2 is 1.59 bits per heavy atom. The number of rotatable bonds is 7. The van der Waals surface area contributed by atoms with Crippen molar-refractivity contribution in [2.24, 2.45) is 0 Å². The molecule has 1 aliphatic heterocycles. The number of ether oxygens (including phenoxy) is 1. The second-order valence-electron chi connectivity index (χ2n) is 7.42. The molecule has 0 spiro atoms. The quantitative estimate of drug-likeness (QED) is 0.668. The van der Waals surface area contributed by atoms with E-state index >= 15 is 0 Å². The Hall–Kier alpha value is -3.11. The van der Waals surface area contributed by atoms with E-state index in [4.69, 9.17) is 4.74 Å². The van der Waals surface area contributed by atoms with Crippen LogP contribution in [0.2, 0.25) is 0 Å². The van der Waals surface area contributed by atoms with Crippen LogP contribution < -0.4 is 10.1 Å². The maximum Gasteiger partial charge on any atom is 0.234 e. The summed E-state index contributed by atoms with van der Waals surface area (Å²) in [5.74, 6) is 1.09. The third-order valence-corrected chi connectivity index (χ3v) is 5.50. The molecule has 0 bridgehead atoms. The molecule has 0 unspecified atom stereocenters. The fourth-order valence-electron chi connectivity index (χ4n) is 4.04. The first-order valence-corrected chi connectivity index (χ1v) is 9.98. The second-order valence-corrected chi connectivity index (χ2v) is 7.42. The summed E-state index contributed by atoms with van der Waals surface area (Å²) in [7, 11) is 1.69. The molecule has 4 heteroatoms. The van der Waals surface area contributed by atoms with Gasteiger partial charge in [0.25, 0.3) is 0 Å². The van der Waals surface area contributed by atoms with Gasteiger partial charge in [-0.1, -0.05) is 72.8 Å². The van der Waals surface area contributed by atoms with Crippen LogP contribution in [0, 0.1) is 0 Å². The van der Waals surface area contributed by atoms with E-state index < -0.39 is 0 Å². The van der Waals surface area contributed by atoms with Gasteiger partial charge in [0.2, 0.25) is 5.91 Å². The van der Waals surface area contributed by atoms with E-state index in [1.807, 2.05) is 48.5 Å². The van der Waals surface area contributed by atoms with E-state index in [2.05, 4.69) is 40.5 Å². The molecule has 4 rings (SSSR count). The minimum Gasteiger partial charge on any atom is -0.496 e. The summed E-state index contributed by atoms with van der Waals surface area (Å²) >= 11 is 0. The van der Waals surface area contributed by atoms with Gasteiger partial charge in [-0.2, -0.15) is 0 Å². The molecule has 4 nitrogen and oxygen atoms in total. The van der Waals surface area contributed by atoms with E-state index in [0.717, 1.165) is 18.8 Å². The number of methoxy groups -OCH3 is 1. The SMILES string of the molecule is COc1cccc2c1CN(CC(=O)NCC(c1ccccc1)c1ccccc1)C2. The van der Waals surface area contributed by atoms with Crippen molar-refractivity contribution in [2.75, 3.05) is 20.2 Å². The molecule has 0 aliphatic carbocycles. The normalized spacial score (nSPS) is 13.3. The molecular weight excluding hydrogens is 360 g/mol. The second kappa shape index (κ2) is 8.93. The third-order valence-electron chi connectivity index (χ3n) is 5.50. The predicted molar refractivity (Wildman–Crippen MR) is 115 cm³/mol. The molecule has 1 heterocycles. The van der Waals surface area contributed by atoms with Crippen LogP contribution in [-0.2, 0) is 17.9 Å². The first-order valence-electron chi connectivity index (χ1n) is 9.98. The van der Waals surface area contributed by atoms with Crippen LogP contribution in [0.3, 0.4) is 0 Å². The van der Waals surface area contributed by atoms with Crippen LogP contribution >= 0.6 is 0 Å². The zero-order valence-electron chi connectivity index (χ0n) is 16.7. The molecule has 1 N–H and O–H groups in total. The van der Waals surface area contributed by atoms with Crippen LogP contribution in [0.4, 0.5) is 0 Å². The molecule has 0 aromatic heterocycles. The zero-order chi connectivity index (χ0) is 20.1. The molecule has 29 heavy (non-hydrogen) atoms. The Bertz CT molecular complexity index is 918. The number of nitrogens with zero attached hydrogens (tertiary/aromatic N) is 1. The van der Waals surface area contributed by atoms with Crippen LogP contribution in [-0.4, -0.2) is 31.0 Å². The number of carbonyl (C=O) groups excluding carboxylic acids is 1. The molecule has 0 fully saturated rings. The molecule has 1 aliphatic rings. The van der Waals surface area contributed by atoms with Crippen molar-refractivity contribution in [3.8, 4) is 5.75 Å². The van der Waals surface area contributed by atoms with Crippen LogP contribution in [0.15, 0.2) is 78.9 Å². The topological polar surface area (TPSA) is 41.6 Å². The number of amides is 1. The van der Waals surface area contributed by atoms with Gasteiger partial charge in [0, 0.05) is 31.1 Å². The monoisotopic (exact) mass is 386 g/mol. The van der Waals surface area contributed by atoms with Gasteiger partial charge < -0.3 is 10.1 Å². The fraction of sp³-hybridized carbons (Fsp3) is 0.240. The largest absolute Gasteiger partial charge is 0.496 e. The summed E-state index contributed by atoms with van der Waals surface area (Å²) in [4.78, 5) is 14.8. The summed E-state index contributed by atoms with van der Waals surface area (Å²) in [6, 6.07) is 26.8. The molecule has 1 amide bonds. The van der Waals surface area contributed by atoms with Crippen molar-refractivity contribution in [3.63, 3.8) is 0 Å². The van der Waals surface area contributed by atoms with Crippen LogP contribution in [0.5, 0.6) is 5.75 Å². The number of nitrogens with one attached hydrogen (secondary N) is 1. The van der Waals surface area contributed by atoms with Gasteiger partial charge in [0.1, 0.15) is 5.75 Å². The zero-order valence-corrected chi connectivity index (χ0v) is 16.7. The number of benzene rings is 3. The lowest BCUT2D eigenvalue weighted by molar-refractivity contribution is -0.122. The number of hydrogen-bond donors (Lipinski definition) is 1. The maximum atomic E-state index is 12.7. The molecule has 0 saturated carbocycles. The van der Waals surface area contributed by atoms with E-state index in [1.54, 1.807) is 7.11 Å². The molecule has 3 aromatic rings. The first kappa shape index (κ1) is 19.2. The van der Waals surface area contributed by atoms with E-state index in [-0.39, 0.29) is 11.8 Å². The molecule has 0 saturated heterocycles. The third kappa shape index (κ3) is 4.49. The van der Waals surface area contributed by atoms with Crippen LogP contribution in [0.1, 0.15) is 28.2 Å². The van der Waals surface area contributed by atoms with Gasteiger partial charge in [-0.15, -0.1) is 0 Å². The predicted octanol–water partition coefficient (Wildman–Crippen LogP) is 3.96. The van der Waals surface area contributed by atoms with Gasteiger partial charge in [-0.25, -0.2) is 0 Å². The highest BCUT2D eigenvalue weighted by Crippen LogP contribution is 2.30. The average molecular weight is 386 g/mol. The fourth-order valence-corrected chi connectivity index (χ4v) is 4.04. The average Bonchev–Trinajstić information content (AvgIpc) is 3.17. The molecule has 3 aromatic carbocycles. The van der Waals surface area contributed by atoms with Gasteiger partial charge in [-0.3, -0.25) is 9.69 Å². The van der Waals surface area contributed by atoms with Gasteiger partial charge in [0.15, 0.2) is 0 Å². The van der Waals surface area contributed by atoms with Crippen molar-refractivity contribution < 1.29 is 9.53 Å². The molecule has 0 radical (unpaired) electrons. The van der Waals surface area contributed by atoms with Crippen molar-refractivity contribution in [1.29, 1.82) is 0 Å². The maximum absolute atomic E-state index is 12.7. The summed E-state index contributed by atoms with van der Waals surface area (Å²) in [5.41, 5.74) is 4.84. The lowest BCUT2D eigenvalue weighted by Gasteiger charge is -2.20. The highest BCUT2D eigenvalue weighted by Gasteiger charge is 2.24. The lowest BCUT2D eigenvalue weighted by Crippen LogP contribution is -2.36. The minimum absolute atomic E-state index is 0.0497. The summed E-state index contributed by atoms with van der Waals surface area (Å²) in [5, 5.41) is 3.15. The van der Waals surface area contributed by atoms with Gasteiger partial charge in [-0.05, 0) is 22.8 Å². The van der Waals surface area contributed by atoms with Crippen LogP contribution in [0.25, 0.3) is 0 Å². The number of carbonyl (C=O) groups is 1. The highest BCUT2D eigenvalue weighted by atomic mass is 16.5. The first-order chi connectivity index (χ1) is 14.2. The van der Waals surface area contributed by atoms with Crippen molar-refractivity contribution in [3.05, 3.63) is 101 Å². The molecule has 0 atom stereocenters. The standard InChI is InChI=1S/C25H26N2O2/c1-29-24-14-8-13-21-16-27(17-23(21)24)18-25(28)26-15-22(19-9-4-2-5-10-19)20-11-6-3-7-12-20/h2-14,22H,15-18H2,1H3,(H,26,28). The Kier molecular flexibility index (Phi) is 5.92. The van der Waals surface area contributed by atoms with Crippen molar-refractivity contribution >= 4 is 5.91 Å². The van der Waals surface area contributed by atoms with Gasteiger partial charge >= 0.3 is 0 Å². The smallest absolute Gasteiger partial charge is 0.234 e. The van der Waals surface area contributed by atoms with Crippen molar-refractivity contribution in [1.82, 2.24) is 10.2 Å². The Labute approximate surface area is 172 Å². The van der Waals surface area contributed by atoms with Gasteiger partial charge in [0.05, 0.1) is 13.7 Å². The highest BCUT2D eigenvalue weighted by molar-refractivity contribution is 5.78. The summed E-state index contributed by atoms with van der Waals surface area (Å²) < 4.78 is 5.46. The Morgan fingerprint density at radius 1 is 0.931 bits per heavy atom. The lowest BCUT2D eigenvalue weighted by atomic mass is 9.91. The summed E-state index contributed by atoms with van der Waals surface area (Å²) in [6.07, 6.45) is 0. The van der Waals surface area contributed by atoms with Crippen molar-refractivity contribution in [2.45, 2.75) is 19.0 Å². The van der Waals surface area contributed by atoms with E-state index in [0.29, 0.717) is 13.1 Å². The Balaban J connectivity index is 1.39. The number of hydrogen-bond acceptors (Lipinski definition) is 3. The number of fused-ring (bicyclic) bond motifs is 1. The minimum atomic E-state index is 0.0497. The molecular formula is C25H26N2O2. The van der Waals surface area contributed by atoms with E-state index in [9.17, 15) is 4.79 Å². The summed E-state index contributed by atoms with van der Waals surface area (Å²) in [6.45, 7) is 2.49. The molecule has 148 valence electrons. The Morgan fingerprint density at radius 3 is 2.21 bits per heavy atom.